The molecule has 8 heteroatoms. The predicted octanol–water partition coefficient (Wildman–Crippen LogP) is 2.03. The first-order chi connectivity index (χ1) is 15.3. The van der Waals surface area contributed by atoms with Crippen LogP contribution in [0.25, 0.3) is 0 Å². The molecule has 2 amide bonds. The van der Waals surface area contributed by atoms with Gasteiger partial charge in [0.15, 0.2) is 0 Å². The SMILES string of the molecule is CCCCNC(=O)C1N([C@@H](CO)[C@@H](C)CC)C(=O)[C@@H]2[C@H](C(=O)OCC)[C@]3(CC)CCC12O3. The van der Waals surface area contributed by atoms with E-state index in [2.05, 4.69) is 5.32 Å². The van der Waals surface area contributed by atoms with Crippen molar-refractivity contribution in [2.45, 2.75) is 96.4 Å². The number of rotatable bonds is 11. The molecular formula is C24H40N2O6. The number of hydrogen-bond acceptors (Lipinski definition) is 6. The normalized spacial score (nSPS) is 35.0. The summed E-state index contributed by atoms with van der Waals surface area (Å²) < 4.78 is 12.0. The summed E-state index contributed by atoms with van der Waals surface area (Å²) in [5, 5.41) is 13.2. The number of carbonyl (C=O) groups excluding carboxylic acids is 3. The van der Waals surface area contributed by atoms with Gasteiger partial charge in [-0.3, -0.25) is 14.4 Å². The van der Waals surface area contributed by atoms with Crippen molar-refractivity contribution < 1.29 is 29.0 Å². The van der Waals surface area contributed by atoms with Gasteiger partial charge in [-0.2, -0.15) is 0 Å². The number of amides is 2. The summed E-state index contributed by atoms with van der Waals surface area (Å²) in [4.78, 5) is 42.1. The lowest BCUT2D eigenvalue weighted by molar-refractivity contribution is -0.162. The van der Waals surface area contributed by atoms with Crippen molar-refractivity contribution in [2.24, 2.45) is 17.8 Å². The minimum absolute atomic E-state index is 0.0107. The van der Waals surface area contributed by atoms with Gasteiger partial charge < -0.3 is 24.8 Å². The van der Waals surface area contributed by atoms with E-state index in [4.69, 9.17) is 9.47 Å². The Morgan fingerprint density at radius 2 is 2.00 bits per heavy atom. The predicted molar refractivity (Wildman–Crippen MR) is 119 cm³/mol. The summed E-state index contributed by atoms with van der Waals surface area (Å²) in [6.07, 6.45) is 4.24. The lowest BCUT2D eigenvalue weighted by atomic mass is 9.65. The highest BCUT2D eigenvalue weighted by Crippen LogP contribution is 2.64. The number of aliphatic hydroxyl groups is 1. The van der Waals surface area contributed by atoms with Crippen molar-refractivity contribution in [2.75, 3.05) is 19.8 Å². The molecule has 0 aliphatic carbocycles. The molecule has 3 aliphatic rings. The highest BCUT2D eigenvalue weighted by atomic mass is 16.6. The number of ether oxygens (including phenoxy) is 2. The van der Waals surface area contributed by atoms with Gasteiger partial charge in [0.25, 0.3) is 0 Å². The third-order valence-electron chi connectivity index (χ3n) is 8.08. The van der Waals surface area contributed by atoms with Gasteiger partial charge >= 0.3 is 5.97 Å². The van der Waals surface area contributed by atoms with E-state index < -0.39 is 41.1 Å². The van der Waals surface area contributed by atoms with E-state index in [1.807, 2.05) is 27.7 Å². The van der Waals surface area contributed by atoms with Gasteiger partial charge in [-0.05, 0) is 38.5 Å². The first-order valence-corrected chi connectivity index (χ1v) is 12.4. The minimum Gasteiger partial charge on any atom is -0.466 e. The van der Waals surface area contributed by atoms with Crippen LogP contribution in [-0.2, 0) is 23.9 Å². The number of unbranched alkanes of at least 4 members (excludes halogenated alkanes) is 1. The van der Waals surface area contributed by atoms with Crippen molar-refractivity contribution >= 4 is 17.8 Å². The zero-order valence-corrected chi connectivity index (χ0v) is 20.2. The second kappa shape index (κ2) is 9.67. The molecule has 1 spiro atoms. The number of hydrogen-bond donors (Lipinski definition) is 2. The molecule has 0 aromatic carbocycles. The van der Waals surface area contributed by atoms with Crippen molar-refractivity contribution in [3.05, 3.63) is 0 Å². The summed E-state index contributed by atoms with van der Waals surface area (Å²) in [7, 11) is 0. The molecule has 7 atom stereocenters. The average Bonchev–Trinajstić information content (AvgIpc) is 3.38. The Morgan fingerprint density at radius 3 is 2.56 bits per heavy atom. The maximum Gasteiger partial charge on any atom is 0.312 e. The summed E-state index contributed by atoms with van der Waals surface area (Å²) >= 11 is 0. The van der Waals surface area contributed by atoms with Crippen LogP contribution in [0.15, 0.2) is 0 Å². The topological polar surface area (TPSA) is 105 Å². The van der Waals surface area contributed by atoms with Crippen LogP contribution in [-0.4, -0.2) is 70.8 Å². The highest BCUT2D eigenvalue weighted by molar-refractivity contribution is 5.98. The highest BCUT2D eigenvalue weighted by Gasteiger charge is 2.79. The first-order valence-electron chi connectivity index (χ1n) is 12.4. The zero-order valence-electron chi connectivity index (χ0n) is 20.2. The van der Waals surface area contributed by atoms with E-state index in [1.165, 1.54) is 0 Å². The molecule has 3 fully saturated rings. The average molecular weight is 453 g/mol. The molecule has 0 aromatic rings. The van der Waals surface area contributed by atoms with Crippen molar-refractivity contribution in [1.29, 1.82) is 0 Å². The number of carbonyl (C=O) groups is 3. The van der Waals surface area contributed by atoms with E-state index >= 15 is 0 Å². The van der Waals surface area contributed by atoms with Gasteiger partial charge in [0, 0.05) is 6.54 Å². The van der Waals surface area contributed by atoms with Crippen LogP contribution in [0.3, 0.4) is 0 Å². The van der Waals surface area contributed by atoms with Gasteiger partial charge in [0.2, 0.25) is 11.8 Å². The summed E-state index contributed by atoms with van der Waals surface area (Å²) in [5.41, 5.74) is -1.85. The van der Waals surface area contributed by atoms with Crippen LogP contribution in [0, 0.1) is 17.8 Å². The lowest BCUT2D eigenvalue weighted by Crippen LogP contribution is -2.59. The van der Waals surface area contributed by atoms with Crippen LogP contribution in [0.5, 0.6) is 0 Å². The number of aliphatic hydroxyl groups excluding tert-OH is 1. The van der Waals surface area contributed by atoms with Crippen LogP contribution in [0.4, 0.5) is 0 Å². The maximum atomic E-state index is 14.0. The third-order valence-corrected chi connectivity index (χ3v) is 8.08. The van der Waals surface area contributed by atoms with Gasteiger partial charge in [0.05, 0.1) is 30.8 Å². The molecule has 3 rings (SSSR count). The van der Waals surface area contributed by atoms with Crippen LogP contribution >= 0.6 is 0 Å². The molecule has 3 aliphatic heterocycles. The van der Waals surface area contributed by atoms with E-state index in [-0.39, 0.29) is 30.9 Å². The Morgan fingerprint density at radius 1 is 1.28 bits per heavy atom. The maximum absolute atomic E-state index is 14.0. The molecule has 2 unspecified atom stereocenters. The summed E-state index contributed by atoms with van der Waals surface area (Å²) in [5.74, 6) is -2.47. The fourth-order valence-electron chi connectivity index (χ4n) is 6.20. The molecule has 32 heavy (non-hydrogen) atoms. The Balaban J connectivity index is 2.08. The van der Waals surface area contributed by atoms with Gasteiger partial charge in [0.1, 0.15) is 17.6 Å². The van der Waals surface area contributed by atoms with E-state index in [0.717, 1.165) is 19.3 Å². The number of fused-ring (bicyclic) bond motifs is 1. The molecule has 2 N–H and O–H groups in total. The monoisotopic (exact) mass is 452 g/mol. The first kappa shape index (κ1) is 25.0. The van der Waals surface area contributed by atoms with Crippen LogP contribution < -0.4 is 5.32 Å². The third kappa shape index (κ3) is 3.63. The Bertz CT molecular complexity index is 729. The van der Waals surface area contributed by atoms with Gasteiger partial charge in [-0.15, -0.1) is 0 Å². The van der Waals surface area contributed by atoms with Crippen molar-refractivity contribution in [3.8, 4) is 0 Å². The fraction of sp³-hybridized carbons (Fsp3) is 0.875. The lowest BCUT2D eigenvalue weighted by Gasteiger charge is -2.39. The second-order valence-electron chi connectivity index (χ2n) is 9.61. The van der Waals surface area contributed by atoms with E-state index in [1.54, 1.807) is 11.8 Å². The number of nitrogens with one attached hydrogen (secondary N) is 1. The molecule has 2 bridgehead atoms. The summed E-state index contributed by atoms with van der Waals surface area (Å²) in [6, 6.07) is -1.38. The smallest absolute Gasteiger partial charge is 0.312 e. The molecule has 182 valence electrons. The molecule has 8 nitrogen and oxygen atoms in total. The van der Waals surface area contributed by atoms with Crippen molar-refractivity contribution in [3.63, 3.8) is 0 Å². The van der Waals surface area contributed by atoms with E-state index in [0.29, 0.717) is 25.8 Å². The Labute approximate surface area is 191 Å². The van der Waals surface area contributed by atoms with Gasteiger partial charge in [-0.25, -0.2) is 0 Å². The number of likely N-dealkylation sites (tertiary alicyclic amines) is 1. The van der Waals surface area contributed by atoms with Crippen LogP contribution in [0.2, 0.25) is 0 Å². The molecule has 0 radical (unpaired) electrons. The molecule has 3 saturated heterocycles. The number of nitrogens with zero attached hydrogens (tertiary/aromatic N) is 1. The quantitative estimate of drug-likeness (QED) is 0.367. The molecule has 0 aromatic heterocycles. The largest absolute Gasteiger partial charge is 0.466 e. The second-order valence-corrected chi connectivity index (χ2v) is 9.61. The molecular weight excluding hydrogens is 412 g/mol. The Kier molecular flexibility index (Phi) is 7.55. The van der Waals surface area contributed by atoms with E-state index in [9.17, 15) is 19.5 Å². The minimum atomic E-state index is -1.07. The molecule has 3 heterocycles. The van der Waals surface area contributed by atoms with Crippen LogP contribution in [0.1, 0.15) is 73.1 Å². The van der Waals surface area contributed by atoms with Gasteiger partial charge in [-0.1, -0.05) is 40.5 Å². The Hall–Kier alpha value is -1.67. The fourth-order valence-corrected chi connectivity index (χ4v) is 6.20. The summed E-state index contributed by atoms with van der Waals surface area (Å²) in [6.45, 7) is 10.2. The van der Waals surface area contributed by atoms with Crippen molar-refractivity contribution in [1.82, 2.24) is 10.2 Å². The standard InChI is InChI=1S/C24H40N2O6/c1-6-10-13-25-20(28)19-24-12-11-23(8-3,32-24)18(22(30)31-9-4)17(24)21(29)26(19)16(14-27)15(5)7-2/h15-19,27H,6-14H2,1-5H3,(H,25,28)/t15-,16-,17-,18+,19?,23-,24?/m0/s1. The zero-order chi connectivity index (χ0) is 23.7. The number of esters is 1. The molecule has 0 saturated carbocycles.